The molecule has 0 atom stereocenters. The lowest BCUT2D eigenvalue weighted by atomic mass is 10.3. The lowest BCUT2D eigenvalue weighted by Crippen LogP contribution is -2.24. The van der Waals surface area contributed by atoms with Gasteiger partial charge in [-0.1, -0.05) is 0 Å². The first kappa shape index (κ1) is 15.3. The van der Waals surface area contributed by atoms with Crippen LogP contribution in [-0.2, 0) is 16.6 Å². The summed E-state index contributed by atoms with van der Waals surface area (Å²) in [5.74, 6) is 0.752. The Morgan fingerprint density at radius 2 is 2.05 bits per heavy atom. The SMILES string of the molecule is COc1ccc(S(=O)(=O)NCc2cn[nH]c2C)c(OC)c1. The summed E-state index contributed by atoms with van der Waals surface area (Å²) < 4.78 is 37.4. The maximum Gasteiger partial charge on any atom is 0.244 e. The topological polar surface area (TPSA) is 93.3 Å². The predicted molar refractivity (Wildman–Crippen MR) is 76.9 cm³/mol. The summed E-state index contributed by atoms with van der Waals surface area (Å²) in [7, 11) is -0.779. The molecule has 1 aromatic heterocycles. The number of aromatic nitrogens is 2. The zero-order chi connectivity index (χ0) is 15.5. The highest BCUT2D eigenvalue weighted by Crippen LogP contribution is 2.28. The van der Waals surface area contributed by atoms with E-state index in [0.717, 1.165) is 11.3 Å². The van der Waals surface area contributed by atoms with Crippen molar-refractivity contribution in [2.75, 3.05) is 14.2 Å². The lowest BCUT2D eigenvalue weighted by Gasteiger charge is -2.11. The van der Waals surface area contributed by atoms with Gasteiger partial charge in [0.2, 0.25) is 10.0 Å². The minimum Gasteiger partial charge on any atom is -0.497 e. The van der Waals surface area contributed by atoms with Crippen LogP contribution in [0, 0.1) is 6.92 Å². The molecule has 8 heteroatoms. The lowest BCUT2D eigenvalue weighted by molar-refractivity contribution is 0.386. The average molecular weight is 311 g/mol. The van der Waals surface area contributed by atoms with Crippen LogP contribution < -0.4 is 14.2 Å². The fourth-order valence-corrected chi connectivity index (χ4v) is 2.96. The molecule has 0 aliphatic carbocycles. The van der Waals surface area contributed by atoms with Crippen molar-refractivity contribution in [2.24, 2.45) is 0 Å². The molecule has 0 amide bonds. The third kappa shape index (κ3) is 3.34. The van der Waals surface area contributed by atoms with Crippen molar-refractivity contribution in [1.29, 1.82) is 0 Å². The number of rotatable bonds is 6. The molecule has 7 nitrogen and oxygen atoms in total. The predicted octanol–water partition coefficient (Wildman–Crippen LogP) is 1.21. The molecule has 0 spiro atoms. The maximum atomic E-state index is 12.4. The molecular weight excluding hydrogens is 294 g/mol. The molecule has 1 heterocycles. The molecule has 0 radical (unpaired) electrons. The Bertz CT molecular complexity index is 725. The molecule has 0 saturated heterocycles. The summed E-state index contributed by atoms with van der Waals surface area (Å²) in [6, 6.07) is 4.54. The van der Waals surface area contributed by atoms with E-state index in [9.17, 15) is 8.42 Å². The minimum atomic E-state index is -3.69. The first-order valence-electron chi connectivity index (χ1n) is 6.18. The highest BCUT2D eigenvalue weighted by molar-refractivity contribution is 7.89. The van der Waals surface area contributed by atoms with E-state index < -0.39 is 10.0 Å². The standard InChI is InChI=1S/C13H17N3O4S/c1-9-10(7-14-16-9)8-15-21(17,18)13-5-4-11(19-2)6-12(13)20-3/h4-7,15H,8H2,1-3H3,(H,14,16). The number of hydrogen-bond acceptors (Lipinski definition) is 5. The number of nitrogens with zero attached hydrogens (tertiary/aromatic N) is 1. The van der Waals surface area contributed by atoms with E-state index in [1.807, 2.05) is 6.92 Å². The van der Waals surface area contributed by atoms with Gasteiger partial charge in [-0.15, -0.1) is 0 Å². The summed E-state index contributed by atoms with van der Waals surface area (Å²) in [5.41, 5.74) is 1.60. The molecule has 21 heavy (non-hydrogen) atoms. The van der Waals surface area contributed by atoms with Gasteiger partial charge in [-0.25, -0.2) is 13.1 Å². The third-order valence-electron chi connectivity index (χ3n) is 3.05. The number of nitrogens with one attached hydrogen (secondary N) is 2. The second kappa shape index (κ2) is 6.15. The van der Waals surface area contributed by atoms with Crippen LogP contribution >= 0.6 is 0 Å². The van der Waals surface area contributed by atoms with Crippen molar-refractivity contribution in [2.45, 2.75) is 18.4 Å². The molecule has 0 aliphatic heterocycles. The maximum absolute atomic E-state index is 12.4. The zero-order valence-corrected chi connectivity index (χ0v) is 12.8. The summed E-state index contributed by atoms with van der Waals surface area (Å²) >= 11 is 0. The number of aryl methyl sites for hydroxylation is 1. The monoisotopic (exact) mass is 311 g/mol. The van der Waals surface area contributed by atoms with Crippen molar-refractivity contribution in [3.63, 3.8) is 0 Å². The van der Waals surface area contributed by atoms with Crippen molar-refractivity contribution in [3.05, 3.63) is 35.7 Å². The second-order valence-corrected chi connectivity index (χ2v) is 6.10. The number of benzene rings is 1. The average Bonchev–Trinajstić information content (AvgIpc) is 2.89. The van der Waals surface area contributed by atoms with E-state index in [-0.39, 0.29) is 17.2 Å². The minimum absolute atomic E-state index is 0.0620. The van der Waals surface area contributed by atoms with Gasteiger partial charge in [0.05, 0.1) is 20.4 Å². The van der Waals surface area contributed by atoms with Gasteiger partial charge in [0, 0.05) is 23.9 Å². The van der Waals surface area contributed by atoms with Crippen LogP contribution in [0.15, 0.2) is 29.3 Å². The Kier molecular flexibility index (Phi) is 4.49. The Hall–Kier alpha value is -2.06. The fourth-order valence-electron chi connectivity index (χ4n) is 1.80. The van der Waals surface area contributed by atoms with E-state index >= 15 is 0 Å². The van der Waals surface area contributed by atoms with Crippen LogP contribution in [0.1, 0.15) is 11.3 Å². The molecule has 2 N–H and O–H groups in total. The van der Waals surface area contributed by atoms with Gasteiger partial charge < -0.3 is 9.47 Å². The second-order valence-electron chi connectivity index (χ2n) is 4.36. The van der Waals surface area contributed by atoms with E-state index in [4.69, 9.17) is 9.47 Å². The third-order valence-corrected chi connectivity index (χ3v) is 4.49. The van der Waals surface area contributed by atoms with Gasteiger partial charge in [-0.05, 0) is 19.1 Å². The molecule has 2 aromatic rings. The quantitative estimate of drug-likeness (QED) is 0.836. The van der Waals surface area contributed by atoms with Crippen molar-refractivity contribution in [3.8, 4) is 11.5 Å². The Labute approximate surface area is 123 Å². The molecule has 2 rings (SSSR count). The van der Waals surface area contributed by atoms with Gasteiger partial charge >= 0.3 is 0 Å². The highest BCUT2D eigenvalue weighted by atomic mass is 32.2. The van der Waals surface area contributed by atoms with E-state index in [2.05, 4.69) is 14.9 Å². The van der Waals surface area contributed by atoms with Crippen LogP contribution in [0.25, 0.3) is 0 Å². The molecular formula is C13H17N3O4S. The van der Waals surface area contributed by atoms with Crippen molar-refractivity contribution >= 4 is 10.0 Å². The number of aromatic amines is 1. The Morgan fingerprint density at radius 3 is 2.62 bits per heavy atom. The highest BCUT2D eigenvalue weighted by Gasteiger charge is 2.20. The smallest absolute Gasteiger partial charge is 0.244 e. The molecule has 0 aliphatic rings. The van der Waals surface area contributed by atoms with Gasteiger partial charge in [-0.3, -0.25) is 5.10 Å². The number of sulfonamides is 1. The van der Waals surface area contributed by atoms with E-state index in [1.54, 1.807) is 12.3 Å². The molecule has 0 unspecified atom stereocenters. The molecule has 0 saturated carbocycles. The largest absolute Gasteiger partial charge is 0.497 e. The molecule has 1 aromatic carbocycles. The Balaban J connectivity index is 2.25. The van der Waals surface area contributed by atoms with Gasteiger partial charge in [0.25, 0.3) is 0 Å². The number of ether oxygens (including phenoxy) is 2. The summed E-state index contributed by atoms with van der Waals surface area (Å²) in [6.45, 7) is 1.98. The van der Waals surface area contributed by atoms with Crippen LogP contribution in [0.4, 0.5) is 0 Å². The van der Waals surface area contributed by atoms with Crippen LogP contribution in [0.5, 0.6) is 11.5 Å². The molecule has 114 valence electrons. The summed E-state index contributed by atoms with van der Waals surface area (Å²) in [6.07, 6.45) is 1.59. The molecule has 0 fully saturated rings. The fraction of sp³-hybridized carbons (Fsp3) is 0.308. The van der Waals surface area contributed by atoms with Gasteiger partial charge in [0.1, 0.15) is 16.4 Å². The van der Waals surface area contributed by atoms with E-state index in [1.165, 1.54) is 26.4 Å². The van der Waals surface area contributed by atoms with Crippen LogP contribution in [-0.4, -0.2) is 32.8 Å². The van der Waals surface area contributed by atoms with E-state index in [0.29, 0.717) is 5.75 Å². The molecule has 0 bridgehead atoms. The van der Waals surface area contributed by atoms with Crippen LogP contribution in [0.2, 0.25) is 0 Å². The zero-order valence-electron chi connectivity index (χ0n) is 12.0. The first-order valence-corrected chi connectivity index (χ1v) is 7.67. The summed E-state index contributed by atoms with van der Waals surface area (Å²) in [5, 5.41) is 6.61. The Morgan fingerprint density at radius 1 is 1.29 bits per heavy atom. The normalized spacial score (nSPS) is 11.4. The van der Waals surface area contributed by atoms with Gasteiger partial charge in [-0.2, -0.15) is 5.10 Å². The number of H-pyrrole nitrogens is 1. The summed E-state index contributed by atoms with van der Waals surface area (Å²) in [4.78, 5) is 0.0620. The van der Waals surface area contributed by atoms with Crippen molar-refractivity contribution in [1.82, 2.24) is 14.9 Å². The van der Waals surface area contributed by atoms with Gasteiger partial charge in [0.15, 0.2) is 0 Å². The van der Waals surface area contributed by atoms with Crippen LogP contribution in [0.3, 0.4) is 0 Å². The first-order chi connectivity index (χ1) is 9.97. The number of methoxy groups -OCH3 is 2. The van der Waals surface area contributed by atoms with Crippen molar-refractivity contribution < 1.29 is 17.9 Å². The number of hydrogen-bond donors (Lipinski definition) is 2.